The maximum atomic E-state index is 11.9. The van der Waals surface area contributed by atoms with Gasteiger partial charge in [0.1, 0.15) is 12.1 Å². The van der Waals surface area contributed by atoms with Gasteiger partial charge in [-0.1, -0.05) is 18.2 Å². The van der Waals surface area contributed by atoms with Crippen molar-refractivity contribution in [3.8, 4) is 0 Å². The van der Waals surface area contributed by atoms with Gasteiger partial charge in [0.25, 0.3) is 0 Å². The maximum absolute atomic E-state index is 11.9. The number of para-hydroxylation sites is 1. The van der Waals surface area contributed by atoms with Gasteiger partial charge in [-0.15, -0.1) is 0 Å². The SMILES string of the molecule is CC(NC(=O)C1CCc2ccccc2N1)C(N)=O. The van der Waals surface area contributed by atoms with Crippen LogP contribution in [0.4, 0.5) is 5.69 Å². The number of nitrogens with one attached hydrogen (secondary N) is 2. The molecule has 0 aliphatic carbocycles. The second-order valence-corrected chi connectivity index (χ2v) is 4.53. The maximum Gasteiger partial charge on any atom is 0.243 e. The van der Waals surface area contributed by atoms with Crippen LogP contribution in [-0.2, 0) is 16.0 Å². The van der Waals surface area contributed by atoms with Crippen LogP contribution in [0.1, 0.15) is 18.9 Å². The zero-order valence-electron chi connectivity index (χ0n) is 10.3. The number of amides is 2. The van der Waals surface area contributed by atoms with Gasteiger partial charge in [0, 0.05) is 5.69 Å². The first-order valence-corrected chi connectivity index (χ1v) is 6.02. The highest BCUT2D eigenvalue weighted by Crippen LogP contribution is 2.24. The quantitative estimate of drug-likeness (QED) is 0.723. The van der Waals surface area contributed by atoms with Crippen molar-refractivity contribution in [2.45, 2.75) is 31.8 Å². The molecule has 0 radical (unpaired) electrons. The first kappa shape index (κ1) is 12.4. The van der Waals surface area contributed by atoms with Gasteiger partial charge in [0.15, 0.2) is 0 Å². The van der Waals surface area contributed by atoms with Crippen molar-refractivity contribution < 1.29 is 9.59 Å². The summed E-state index contributed by atoms with van der Waals surface area (Å²) >= 11 is 0. The minimum atomic E-state index is -0.642. The van der Waals surface area contributed by atoms with Gasteiger partial charge in [-0.3, -0.25) is 9.59 Å². The van der Waals surface area contributed by atoms with E-state index in [0.717, 1.165) is 12.1 Å². The third-order valence-corrected chi connectivity index (χ3v) is 3.15. The van der Waals surface area contributed by atoms with E-state index in [2.05, 4.69) is 10.6 Å². The Morgan fingerprint density at radius 3 is 2.89 bits per heavy atom. The molecular formula is C13H17N3O2. The Balaban J connectivity index is 2.00. The molecule has 5 heteroatoms. The third kappa shape index (κ3) is 2.61. The fraction of sp³-hybridized carbons (Fsp3) is 0.385. The molecule has 2 rings (SSSR count). The third-order valence-electron chi connectivity index (χ3n) is 3.15. The summed E-state index contributed by atoms with van der Waals surface area (Å²) in [5.74, 6) is -0.713. The van der Waals surface area contributed by atoms with Crippen molar-refractivity contribution in [1.82, 2.24) is 5.32 Å². The van der Waals surface area contributed by atoms with Gasteiger partial charge in [0.05, 0.1) is 0 Å². The first-order chi connectivity index (χ1) is 8.58. The lowest BCUT2D eigenvalue weighted by molar-refractivity contribution is -0.127. The average Bonchev–Trinajstić information content (AvgIpc) is 2.37. The lowest BCUT2D eigenvalue weighted by Crippen LogP contribution is -2.49. The van der Waals surface area contributed by atoms with Crippen LogP contribution in [0.3, 0.4) is 0 Å². The van der Waals surface area contributed by atoms with E-state index in [1.54, 1.807) is 6.92 Å². The Labute approximate surface area is 106 Å². The number of rotatable bonds is 3. The van der Waals surface area contributed by atoms with Crippen LogP contribution in [0.25, 0.3) is 0 Å². The molecule has 2 unspecified atom stereocenters. The molecule has 0 bridgehead atoms. The van der Waals surface area contributed by atoms with Crippen LogP contribution < -0.4 is 16.4 Å². The van der Waals surface area contributed by atoms with Gasteiger partial charge in [-0.2, -0.15) is 0 Å². The molecule has 1 aliphatic rings. The standard InChI is InChI=1S/C13H17N3O2/c1-8(12(14)17)15-13(18)11-7-6-9-4-2-3-5-10(9)16-11/h2-5,8,11,16H,6-7H2,1H3,(H2,14,17)(H,15,18). The summed E-state index contributed by atoms with van der Waals surface area (Å²) in [6, 6.07) is 6.96. The smallest absolute Gasteiger partial charge is 0.243 e. The van der Waals surface area contributed by atoms with Crippen LogP contribution in [0.15, 0.2) is 24.3 Å². The van der Waals surface area contributed by atoms with Crippen molar-refractivity contribution in [2.75, 3.05) is 5.32 Å². The van der Waals surface area contributed by atoms with E-state index >= 15 is 0 Å². The number of benzene rings is 1. The van der Waals surface area contributed by atoms with Crippen LogP contribution in [0.5, 0.6) is 0 Å². The molecule has 0 spiro atoms. The molecule has 1 aromatic carbocycles. The summed E-state index contributed by atoms with van der Waals surface area (Å²) in [5, 5.41) is 5.78. The number of nitrogens with two attached hydrogens (primary N) is 1. The van der Waals surface area contributed by atoms with Gasteiger partial charge in [0.2, 0.25) is 11.8 Å². The summed E-state index contributed by atoms with van der Waals surface area (Å²) in [6.45, 7) is 1.58. The Kier molecular flexibility index (Phi) is 3.50. The zero-order valence-corrected chi connectivity index (χ0v) is 10.3. The lowest BCUT2D eigenvalue weighted by Gasteiger charge is -2.26. The van der Waals surface area contributed by atoms with E-state index in [0.29, 0.717) is 6.42 Å². The van der Waals surface area contributed by atoms with E-state index in [9.17, 15) is 9.59 Å². The monoisotopic (exact) mass is 247 g/mol. The second-order valence-electron chi connectivity index (χ2n) is 4.53. The molecular weight excluding hydrogens is 230 g/mol. The molecule has 0 aromatic heterocycles. The molecule has 1 heterocycles. The highest BCUT2D eigenvalue weighted by atomic mass is 16.2. The Morgan fingerprint density at radius 1 is 1.44 bits per heavy atom. The Hall–Kier alpha value is -2.04. The fourth-order valence-corrected chi connectivity index (χ4v) is 2.02. The van der Waals surface area contributed by atoms with E-state index in [4.69, 9.17) is 5.73 Å². The van der Waals surface area contributed by atoms with E-state index in [-0.39, 0.29) is 11.9 Å². The van der Waals surface area contributed by atoms with Crippen molar-refractivity contribution in [2.24, 2.45) is 5.73 Å². The largest absolute Gasteiger partial charge is 0.373 e. The Morgan fingerprint density at radius 2 is 2.17 bits per heavy atom. The molecule has 1 aliphatic heterocycles. The highest BCUT2D eigenvalue weighted by Gasteiger charge is 2.25. The first-order valence-electron chi connectivity index (χ1n) is 6.02. The summed E-state index contributed by atoms with van der Waals surface area (Å²) < 4.78 is 0. The number of anilines is 1. The molecule has 0 fully saturated rings. The molecule has 96 valence electrons. The van der Waals surface area contributed by atoms with Crippen molar-refractivity contribution in [1.29, 1.82) is 0 Å². The number of aryl methyl sites for hydroxylation is 1. The van der Waals surface area contributed by atoms with Crippen LogP contribution in [-0.4, -0.2) is 23.9 Å². The fourth-order valence-electron chi connectivity index (χ4n) is 2.02. The molecule has 18 heavy (non-hydrogen) atoms. The van der Waals surface area contributed by atoms with E-state index in [1.807, 2.05) is 24.3 Å². The predicted octanol–water partition coefficient (Wildman–Crippen LogP) is 0.403. The predicted molar refractivity (Wildman–Crippen MR) is 69.0 cm³/mol. The average molecular weight is 247 g/mol. The van der Waals surface area contributed by atoms with Crippen molar-refractivity contribution in [3.63, 3.8) is 0 Å². The molecule has 0 saturated carbocycles. The Bertz CT molecular complexity index is 473. The molecule has 1 aromatic rings. The van der Waals surface area contributed by atoms with Gasteiger partial charge in [-0.05, 0) is 31.4 Å². The minimum absolute atomic E-state index is 0.184. The second kappa shape index (κ2) is 5.08. The van der Waals surface area contributed by atoms with Crippen molar-refractivity contribution in [3.05, 3.63) is 29.8 Å². The number of carbonyl (C=O) groups excluding carboxylic acids is 2. The topological polar surface area (TPSA) is 84.2 Å². The number of primary amides is 1. The summed E-state index contributed by atoms with van der Waals surface area (Å²) in [7, 11) is 0. The zero-order chi connectivity index (χ0) is 13.1. The molecule has 2 amide bonds. The lowest BCUT2D eigenvalue weighted by atomic mass is 9.97. The van der Waals surface area contributed by atoms with E-state index in [1.165, 1.54) is 5.56 Å². The molecule has 4 N–H and O–H groups in total. The summed E-state index contributed by atoms with van der Waals surface area (Å²) in [4.78, 5) is 22.8. The van der Waals surface area contributed by atoms with Crippen LogP contribution in [0.2, 0.25) is 0 Å². The van der Waals surface area contributed by atoms with E-state index < -0.39 is 11.9 Å². The van der Waals surface area contributed by atoms with Crippen LogP contribution >= 0.6 is 0 Å². The van der Waals surface area contributed by atoms with Gasteiger partial charge < -0.3 is 16.4 Å². The van der Waals surface area contributed by atoms with Gasteiger partial charge in [-0.25, -0.2) is 0 Å². The summed E-state index contributed by atoms with van der Waals surface area (Å²) in [6.07, 6.45) is 1.57. The highest BCUT2D eigenvalue weighted by molar-refractivity contribution is 5.90. The normalized spacial score (nSPS) is 19.3. The number of hydrogen-bond acceptors (Lipinski definition) is 3. The number of hydrogen-bond donors (Lipinski definition) is 3. The molecule has 5 nitrogen and oxygen atoms in total. The molecule has 2 atom stereocenters. The van der Waals surface area contributed by atoms with Crippen LogP contribution in [0, 0.1) is 0 Å². The van der Waals surface area contributed by atoms with Gasteiger partial charge >= 0.3 is 0 Å². The minimum Gasteiger partial charge on any atom is -0.373 e. The van der Waals surface area contributed by atoms with Crippen molar-refractivity contribution >= 4 is 17.5 Å². The summed E-state index contributed by atoms with van der Waals surface area (Å²) in [5.41, 5.74) is 7.31. The number of carbonyl (C=O) groups is 2. The molecule has 0 saturated heterocycles. The number of fused-ring (bicyclic) bond motifs is 1.